The summed E-state index contributed by atoms with van der Waals surface area (Å²) >= 11 is 1.41. The average Bonchev–Trinajstić information content (AvgIpc) is 2.91. The van der Waals surface area contributed by atoms with E-state index in [-0.39, 0.29) is 17.7 Å². The van der Waals surface area contributed by atoms with Gasteiger partial charge in [0.15, 0.2) is 5.17 Å². The highest BCUT2D eigenvalue weighted by Gasteiger charge is 2.33. The van der Waals surface area contributed by atoms with Crippen LogP contribution in [-0.4, -0.2) is 39.1 Å². The van der Waals surface area contributed by atoms with Gasteiger partial charge in [0.1, 0.15) is 5.75 Å². The summed E-state index contributed by atoms with van der Waals surface area (Å²) in [7, 11) is 0. The summed E-state index contributed by atoms with van der Waals surface area (Å²) < 4.78 is 0. The standard InChI is InChI=1S/C16H17N3O2S/c20-14-9-5-4-6-12(14)10-17-18-16-19(15(21)11-22-16)13-7-2-1-3-8-13/h2,4-7,9-10,13,20H,1,3,8,11H2/b17-10-,18-16+/t13-/m0/s1. The molecule has 0 spiro atoms. The zero-order chi connectivity index (χ0) is 15.4. The fraction of sp³-hybridized carbons (Fsp3) is 0.312. The second-order valence-electron chi connectivity index (χ2n) is 5.16. The van der Waals surface area contributed by atoms with Crippen LogP contribution >= 0.6 is 11.8 Å². The maximum atomic E-state index is 12.1. The molecule has 1 fully saturated rings. The Morgan fingerprint density at radius 1 is 1.36 bits per heavy atom. The minimum absolute atomic E-state index is 0.0815. The molecule has 1 heterocycles. The molecule has 0 saturated carbocycles. The van der Waals surface area contributed by atoms with Crippen LogP contribution in [-0.2, 0) is 4.79 Å². The third-order valence-electron chi connectivity index (χ3n) is 3.64. The van der Waals surface area contributed by atoms with Crippen LogP contribution in [0.15, 0.2) is 46.6 Å². The lowest BCUT2D eigenvalue weighted by atomic mass is 10.0. The van der Waals surface area contributed by atoms with Crippen LogP contribution < -0.4 is 0 Å². The number of amides is 1. The van der Waals surface area contributed by atoms with Crippen molar-refractivity contribution in [2.24, 2.45) is 10.2 Å². The van der Waals surface area contributed by atoms with E-state index in [1.165, 1.54) is 18.0 Å². The molecule has 1 aliphatic carbocycles. The number of carbonyl (C=O) groups excluding carboxylic acids is 1. The molecule has 1 aliphatic heterocycles. The molecule has 1 aromatic carbocycles. The van der Waals surface area contributed by atoms with E-state index in [4.69, 9.17) is 0 Å². The topological polar surface area (TPSA) is 65.3 Å². The zero-order valence-corrected chi connectivity index (χ0v) is 12.9. The number of para-hydroxylation sites is 1. The lowest BCUT2D eigenvalue weighted by molar-refractivity contribution is -0.125. The van der Waals surface area contributed by atoms with Crippen molar-refractivity contribution in [1.29, 1.82) is 0 Å². The fourth-order valence-corrected chi connectivity index (χ4v) is 3.40. The monoisotopic (exact) mass is 315 g/mol. The molecule has 0 bridgehead atoms. The second kappa shape index (κ2) is 6.79. The van der Waals surface area contributed by atoms with E-state index in [0.717, 1.165) is 19.3 Å². The van der Waals surface area contributed by atoms with Crippen LogP contribution in [0.4, 0.5) is 0 Å². The molecule has 0 aromatic heterocycles. The van der Waals surface area contributed by atoms with Crippen molar-refractivity contribution in [2.75, 3.05) is 5.75 Å². The van der Waals surface area contributed by atoms with Gasteiger partial charge in [-0.25, -0.2) is 0 Å². The fourth-order valence-electron chi connectivity index (χ4n) is 2.52. The molecule has 3 rings (SSSR count). The summed E-state index contributed by atoms with van der Waals surface area (Å²) in [6.07, 6.45) is 8.82. The maximum absolute atomic E-state index is 12.1. The number of allylic oxidation sites excluding steroid dienone is 1. The summed E-state index contributed by atoms with van der Waals surface area (Å²) in [5.74, 6) is 0.654. The Labute approximate surface area is 133 Å². The predicted octanol–water partition coefficient (Wildman–Crippen LogP) is 2.77. The van der Waals surface area contributed by atoms with E-state index >= 15 is 0 Å². The zero-order valence-electron chi connectivity index (χ0n) is 12.1. The molecule has 1 amide bonds. The van der Waals surface area contributed by atoms with E-state index in [9.17, 15) is 9.90 Å². The number of hydrogen-bond donors (Lipinski definition) is 1. The van der Waals surface area contributed by atoms with Gasteiger partial charge in [0.2, 0.25) is 5.91 Å². The van der Waals surface area contributed by atoms with E-state index in [0.29, 0.717) is 16.5 Å². The first-order valence-electron chi connectivity index (χ1n) is 7.26. The van der Waals surface area contributed by atoms with Gasteiger partial charge in [-0.2, -0.15) is 5.10 Å². The van der Waals surface area contributed by atoms with Gasteiger partial charge in [0, 0.05) is 5.56 Å². The van der Waals surface area contributed by atoms with Crippen LogP contribution in [0, 0.1) is 0 Å². The van der Waals surface area contributed by atoms with Crippen LogP contribution in [0.2, 0.25) is 0 Å². The molecular formula is C16H17N3O2S. The third kappa shape index (κ3) is 3.22. The summed E-state index contributed by atoms with van der Waals surface area (Å²) in [5, 5.41) is 18.5. The maximum Gasteiger partial charge on any atom is 0.239 e. The molecule has 22 heavy (non-hydrogen) atoms. The molecule has 1 saturated heterocycles. The Bertz CT molecular complexity index is 655. The van der Waals surface area contributed by atoms with Gasteiger partial charge >= 0.3 is 0 Å². The molecule has 1 N–H and O–H groups in total. The van der Waals surface area contributed by atoms with E-state index in [1.54, 1.807) is 23.1 Å². The van der Waals surface area contributed by atoms with Crippen LogP contribution in [0.3, 0.4) is 0 Å². The first kappa shape index (κ1) is 14.8. The van der Waals surface area contributed by atoms with Gasteiger partial charge in [-0.05, 0) is 31.4 Å². The molecule has 1 aromatic rings. The van der Waals surface area contributed by atoms with Gasteiger partial charge in [-0.1, -0.05) is 36.0 Å². The molecule has 1 atom stereocenters. The molecule has 0 radical (unpaired) electrons. The number of carbonyl (C=O) groups is 1. The minimum Gasteiger partial charge on any atom is -0.507 e. The van der Waals surface area contributed by atoms with Crippen LogP contribution in [0.5, 0.6) is 5.75 Å². The first-order valence-corrected chi connectivity index (χ1v) is 8.25. The van der Waals surface area contributed by atoms with Crippen molar-refractivity contribution in [2.45, 2.75) is 25.3 Å². The number of thioether (sulfide) groups is 1. The van der Waals surface area contributed by atoms with Gasteiger partial charge in [-0.3, -0.25) is 9.69 Å². The van der Waals surface area contributed by atoms with Crippen molar-refractivity contribution in [1.82, 2.24) is 4.90 Å². The number of nitrogens with zero attached hydrogens (tertiary/aromatic N) is 3. The summed E-state index contributed by atoms with van der Waals surface area (Å²) in [5.41, 5.74) is 0.602. The van der Waals surface area contributed by atoms with E-state index < -0.39 is 0 Å². The Kier molecular flexibility index (Phi) is 4.58. The average molecular weight is 315 g/mol. The van der Waals surface area contributed by atoms with Crippen LogP contribution in [0.1, 0.15) is 24.8 Å². The number of phenols is 1. The van der Waals surface area contributed by atoms with Gasteiger partial charge in [0.05, 0.1) is 18.0 Å². The highest BCUT2D eigenvalue weighted by molar-refractivity contribution is 8.15. The Hall–Kier alpha value is -2.08. The highest BCUT2D eigenvalue weighted by atomic mass is 32.2. The smallest absolute Gasteiger partial charge is 0.239 e. The number of rotatable bonds is 3. The molecule has 114 valence electrons. The number of benzene rings is 1. The molecule has 0 unspecified atom stereocenters. The van der Waals surface area contributed by atoms with Crippen molar-refractivity contribution in [3.05, 3.63) is 42.0 Å². The number of hydrogen-bond acceptors (Lipinski definition) is 5. The predicted molar refractivity (Wildman–Crippen MR) is 89.2 cm³/mol. The Balaban J connectivity index is 1.77. The van der Waals surface area contributed by atoms with E-state index in [1.807, 2.05) is 6.07 Å². The quantitative estimate of drug-likeness (QED) is 0.530. The molecular weight excluding hydrogens is 298 g/mol. The summed E-state index contributed by atoms with van der Waals surface area (Å²) in [6.45, 7) is 0. The number of phenolic OH excluding ortho intramolecular Hbond substituents is 1. The Morgan fingerprint density at radius 3 is 3.00 bits per heavy atom. The molecule has 2 aliphatic rings. The third-order valence-corrected chi connectivity index (χ3v) is 4.56. The SMILES string of the molecule is O=C1CS/C(=N/N=C\c2ccccc2O)N1[C@H]1C=CCCC1. The number of aromatic hydroxyl groups is 1. The van der Waals surface area contributed by atoms with Gasteiger partial charge in [0.25, 0.3) is 0 Å². The number of amidine groups is 1. The van der Waals surface area contributed by atoms with Gasteiger partial charge < -0.3 is 5.11 Å². The molecule has 6 heteroatoms. The first-order chi connectivity index (χ1) is 10.8. The Morgan fingerprint density at radius 2 is 2.23 bits per heavy atom. The van der Waals surface area contributed by atoms with Gasteiger partial charge in [-0.15, -0.1) is 5.10 Å². The van der Waals surface area contributed by atoms with E-state index in [2.05, 4.69) is 22.4 Å². The summed E-state index contributed by atoms with van der Waals surface area (Å²) in [4.78, 5) is 13.8. The lowest BCUT2D eigenvalue weighted by Crippen LogP contribution is -2.39. The van der Waals surface area contributed by atoms with Crippen LogP contribution in [0.25, 0.3) is 0 Å². The normalized spacial score (nSPS) is 23.8. The highest BCUT2D eigenvalue weighted by Crippen LogP contribution is 2.27. The van der Waals surface area contributed by atoms with Crippen molar-refractivity contribution >= 4 is 29.1 Å². The second-order valence-corrected chi connectivity index (χ2v) is 6.11. The minimum atomic E-state index is 0.0815. The summed E-state index contributed by atoms with van der Waals surface area (Å²) in [6, 6.07) is 7.02. The van der Waals surface area contributed by atoms with Crippen molar-refractivity contribution < 1.29 is 9.90 Å². The lowest BCUT2D eigenvalue weighted by Gasteiger charge is -2.26. The van der Waals surface area contributed by atoms with Crippen molar-refractivity contribution in [3.8, 4) is 5.75 Å². The van der Waals surface area contributed by atoms with Crippen molar-refractivity contribution in [3.63, 3.8) is 0 Å². The largest absolute Gasteiger partial charge is 0.507 e. The molecule has 5 nitrogen and oxygen atoms in total.